The van der Waals surface area contributed by atoms with Gasteiger partial charge in [-0.3, -0.25) is 0 Å². The number of benzene rings is 2. The molecule has 0 saturated heterocycles. The summed E-state index contributed by atoms with van der Waals surface area (Å²) in [5, 5.41) is 2.19. The van der Waals surface area contributed by atoms with E-state index in [0.29, 0.717) is 5.69 Å². The van der Waals surface area contributed by atoms with Crippen LogP contribution in [0.5, 0.6) is 0 Å². The van der Waals surface area contributed by atoms with E-state index in [1.807, 2.05) is 43.6 Å². The molecular formula is C15H12FNS. The molecule has 0 aliphatic carbocycles. The van der Waals surface area contributed by atoms with Crippen LogP contribution in [0.1, 0.15) is 5.56 Å². The molecule has 0 unspecified atom stereocenters. The molecule has 90 valence electrons. The van der Waals surface area contributed by atoms with E-state index in [9.17, 15) is 4.39 Å². The number of fused-ring (bicyclic) bond motifs is 1. The molecule has 2 aromatic carbocycles. The molecule has 1 aromatic heterocycles. The van der Waals surface area contributed by atoms with Gasteiger partial charge in [-0.25, -0.2) is 4.39 Å². The highest BCUT2D eigenvalue weighted by Gasteiger charge is 2.08. The zero-order valence-corrected chi connectivity index (χ0v) is 10.8. The topological polar surface area (TPSA) is 4.93 Å². The summed E-state index contributed by atoms with van der Waals surface area (Å²) in [4.78, 5) is 0.796. The Hall–Kier alpha value is -1.74. The molecule has 0 amide bonds. The summed E-state index contributed by atoms with van der Waals surface area (Å²) >= 11 is 4.35. The van der Waals surface area contributed by atoms with Crippen molar-refractivity contribution in [3.63, 3.8) is 0 Å². The van der Waals surface area contributed by atoms with Crippen LogP contribution in [0.25, 0.3) is 16.5 Å². The highest BCUT2D eigenvalue weighted by Crippen LogP contribution is 2.24. The number of hydrogen-bond donors (Lipinski definition) is 1. The molecule has 3 aromatic rings. The fourth-order valence-electron chi connectivity index (χ4n) is 2.07. The van der Waals surface area contributed by atoms with Crippen molar-refractivity contribution in [1.82, 2.24) is 4.57 Å². The van der Waals surface area contributed by atoms with Crippen LogP contribution in [0.15, 0.2) is 53.7 Å². The molecule has 0 aliphatic heterocycles. The second kappa shape index (κ2) is 4.18. The van der Waals surface area contributed by atoms with Crippen LogP contribution in [-0.4, -0.2) is 4.57 Å². The average Bonchev–Trinajstić information content (AvgIpc) is 2.77. The molecule has 1 nitrogen and oxygen atoms in total. The van der Waals surface area contributed by atoms with E-state index in [-0.39, 0.29) is 5.82 Å². The SMILES string of the molecule is Cc1cc(F)c(-n2cc3ccccc3c2)cc1S. The van der Waals surface area contributed by atoms with E-state index in [2.05, 4.69) is 12.6 Å². The van der Waals surface area contributed by atoms with E-state index < -0.39 is 0 Å². The molecule has 0 bridgehead atoms. The molecule has 0 fully saturated rings. The third kappa shape index (κ3) is 1.81. The minimum absolute atomic E-state index is 0.231. The van der Waals surface area contributed by atoms with Crippen molar-refractivity contribution in [3.8, 4) is 5.69 Å². The lowest BCUT2D eigenvalue weighted by atomic mass is 10.2. The Morgan fingerprint density at radius 2 is 1.67 bits per heavy atom. The van der Waals surface area contributed by atoms with Crippen molar-refractivity contribution in [2.45, 2.75) is 11.8 Å². The second-order valence-electron chi connectivity index (χ2n) is 4.38. The molecular weight excluding hydrogens is 245 g/mol. The molecule has 0 spiro atoms. The Kier molecular flexibility index (Phi) is 2.63. The summed E-state index contributed by atoms with van der Waals surface area (Å²) < 4.78 is 15.8. The van der Waals surface area contributed by atoms with Gasteiger partial charge in [-0.2, -0.15) is 0 Å². The number of nitrogens with zero attached hydrogens (tertiary/aromatic N) is 1. The van der Waals surface area contributed by atoms with E-state index >= 15 is 0 Å². The van der Waals surface area contributed by atoms with Crippen molar-refractivity contribution >= 4 is 23.4 Å². The normalized spacial score (nSPS) is 11.1. The van der Waals surface area contributed by atoms with Gasteiger partial charge in [0.15, 0.2) is 0 Å². The molecule has 0 atom stereocenters. The third-order valence-corrected chi connectivity index (χ3v) is 3.58. The van der Waals surface area contributed by atoms with Crippen LogP contribution >= 0.6 is 12.6 Å². The number of hydrogen-bond acceptors (Lipinski definition) is 1. The summed E-state index contributed by atoms with van der Waals surface area (Å²) in [5.74, 6) is -0.231. The Morgan fingerprint density at radius 3 is 2.28 bits per heavy atom. The number of rotatable bonds is 1. The fourth-order valence-corrected chi connectivity index (χ4v) is 2.26. The van der Waals surface area contributed by atoms with Crippen LogP contribution < -0.4 is 0 Å². The van der Waals surface area contributed by atoms with Crippen molar-refractivity contribution in [1.29, 1.82) is 0 Å². The van der Waals surface area contributed by atoms with E-state index in [1.165, 1.54) is 6.07 Å². The van der Waals surface area contributed by atoms with Gasteiger partial charge in [0.1, 0.15) is 5.82 Å². The van der Waals surface area contributed by atoms with E-state index in [4.69, 9.17) is 0 Å². The Labute approximate surface area is 110 Å². The predicted molar refractivity (Wildman–Crippen MR) is 75.2 cm³/mol. The van der Waals surface area contributed by atoms with Crippen molar-refractivity contribution in [3.05, 3.63) is 60.2 Å². The van der Waals surface area contributed by atoms with Gasteiger partial charge < -0.3 is 4.57 Å². The summed E-state index contributed by atoms with van der Waals surface area (Å²) in [7, 11) is 0. The summed E-state index contributed by atoms with van der Waals surface area (Å²) in [6.07, 6.45) is 3.85. The van der Waals surface area contributed by atoms with E-state index in [1.54, 1.807) is 10.6 Å². The van der Waals surface area contributed by atoms with Crippen molar-refractivity contribution in [2.24, 2.45) is 0 Å². The van der Waals surface area contributed by atoms with Gasteiger partial charge in [-0.1, -0.05) is 24.3 Å². The maximum Gasteiger partial charge on any atom is 0.147 e. The minimum Gasteiger partial charge on any atom is -0.320 e. The van der Waals surface area contributed by atoms with Crippen LogP contribution in [0.3, 0.4) is 0 Å². The standard InChI is InChI=1S/C15H12FNS/c1-10-6-13(16)14(7-15(10)18)17-8-11-4-2-3-5-12(11)9-17/h2-9,18H,1H3. The number of aryl methyl sites for hydroxylation is 1. The molecule has 0 saturated carbocycles. The highest BCUT2D eigenvalue weighted by atomic mass is 32.1. The lowest BCUT2D eigenvalue weighted by Crippen LogP contribution is -1.95. The Bertz CT molecular complexity index is 697. The fraction of sp³-hybridized carbons (Fsp3) is 0.0667. The van der Waals surface area contributed by atoms with Crippen molar-refractivity contribution in [2.75, 3.05) is 0 Å². The molecule has 3 heteroatoms. The van der Waals surface area contributed by atoms with Crippen molar-refractivity contribution < 1.29 is 4.39 Å². The minimum atomic E-state index is -0.231. The van der Waals surface area contributed by atoms with Gasteiger partial charge >= 0.3 is 0 Å². The Balaban J connectivity index is 2.22. The quantitative estimate of drug-likeness (QED) is 0.618. The van der Waals surface area contributed by atoms with Gasteiger partial charge in [0.05, 0.1) is 5.69 Å². The van der Waals surface area contributed by atoms with Crippen LogP contribution in [-0.2, 0) is 0 Å². The molecule has 1 heterocycles. The van der Waals surface area contributed by atoms with Crippen LogP contribution in [0.4, 0.5) is 4.39 Å². The first kappa shape index (κ1) is 11.4. The maximum atomic E-state index is 14.0. The first-order chi connectivity index (χ1) is 8.65. The third-order valence-electron chi connectivity index (χ3n) is 3.10. The number of aromatic nitrogens is 1. The number of halogens is 1. The average molecular weight is 257 g/mol. The predicted octanol–water partition coefficient (Wildman–Crippen LogP) is 4.37. The smallest absolute Gasteiger partial charge is 0.147 e. The summed E-state index contributed by atoms with van der Waals surface area (Å²) in [5.41, 5.74) is 1.37. The Morgan fingerprint density at radius 1 is 1.06 bits per heavy atom. The van der Waals surface area contributed by atoms with Gasteiger partial charge in [0.2, 0.25) is 0 Å². The van der Waals surface area contributed by atoms with Gasteiger partial charge in [0.25, 0.3) is 0 Å². The summed E-state index contributed by atoms with van der Waals surface area (Å²) in [6, 6.07) is 11.2. The number of thiol groups is 1. The first-order valence-electron chi connectivity index (χ1n) is 5.71. The monoisotopic (exact) mass is 257 g/mol. The van der Waals surface area contributed by atoms with Gasteiger partial charge in [-0.15, -0.1) is 12.6 Å². The zero-order chi connectivity index (χ0) is 12.7. The first-order valence-corrected chi connectivity index (χ1v) is 6.16. The lowest BCUT2D eigenvalue weighted by molar-refractivity contribution is 0.615. The largest absolute Gasteiger partial charge is 0.320 e. The molecule has 18 heavy (non-hydrogen) atoms. The van der Waals surface area contributed by atoms with E-state index in [0.717, 1.165) is 21.2 Å². The maximum absolute atomic E-state index is 14.0. The molecule has 0 N–H and O–H groups in total. The van der Waals surface area contributed by atoms with Gasteiger partial charge in [0, 0.05) is 17.3 Å². The second-order valence-corrected chi connectivity index (χ2v) is 4.87. The van der Waals surface area contributed by atoms with Crippen LogP contribution in [0, 0.1) is 12.7 Å². The zero-order valence-electron chi connectivity index (χ0n) is 9.89. The summed E-state index contributed by atoms with van der Waals surface area (Å²) in [6.45, 7) is 1.85. The van der Waals surface area contributed by atoms with Crippen LogP contribution in [0.2, 0.25) is 0 Å². The van der Waals surface area contributed by atoms with Gasteiger partial charge in [-0.05, 0) is 35.4 Å². The highest BCUT2D eigenvalue weighted by molar-refractivity contribution is 7.80. The molecule has 0 radical (unpaired) electrons. The molecule has 3 rings (SSSR count). The molecule has 0 aliphatic rings. The lowest BCUT2D eigenvalue weighted by Gasteiger charge is -2.07.